The summed E-state index contributed by atoms with van der Waals surface area (Å²) in [5.74, 6) is 0.321. The number of nitrogens with zero attached hydrogens (tertiary/aromatic N) is 1. The lowest BCUT2D eigenvalue weighted by molar-refractivity contribution is -0.942. The molecule has 0 amide bonds. The molecule has 6 nitrogen and oxygen atoms in total. The summed E-state index contributed by atoms with van der Waals surface area (Å²) < 4.78 is 5.07. The molecule has 0 radical (unpaired) electrons. The Morgan fingerprint density at radius 3 is 2.96 bits per heavy atom. The molecule has 0 bridgehead atoms. The van der Waals surface area contributed by atoms with Crippen molar-refractivity contribution in [2.75, 3.05) is 13.2 Å². The van der Waals surface area contributed by atoms with Crippen LogP contribution in [0.5, 0.6) is 0 Å². The second-order valence-electron chi connectivity index (χ2n) is 6.45. The first-order valence-corrected chi connectivity index (χ1v) is 9.37. The second kappa shape index (κ2) is 7.03. The van der Waals surface area contributed by atoms with Gasteiger partial charge < -0.3 is 14.6 Å². The summed E-state index contributed by atoms with van der Waals surface area (Å²) in [6.45, 7) is 7.95. The average Bonchev–Trinajstić information content (AvgIpc) is 2.87. The Labute approximate surface area is 144 Å². The highest BCUT2D eigenvalue weighted by Gasteiger charge is 2.24. The molecule has 3 heterocycles. The molecule has 0 spiro atoms. The van der Waals surface area contributed by atoms with Gasteiger partial charge in [-0.15, -0.1) is 11.3 Å². The van der Waals surface area contributed by atoms with E-state index in [-0.39, 0.29) is 11.5 Å². The number of ether oxygens (including phenoxy) is 1. The highest BCUT2D eigenvalue weighted by Crippen LogP contribution is 2.27. The minimum atomic E-state index is -0.380. The number of nitrogens with one attached hydrogen (secondary N) is 2. The third-order valence-electron chi connectivity index (χ3n) is 4.79. The van der Waals surface area contributed by atoms with Gasteiger partial charge in [-0.25, -0.2) is 9.78 Å². The Hall–Kier alpha value is -1.73. The zero-order valence-corrected chi connectivity index (χ0v) is 15.2. The third-order valence-corrected chi connectivity index (χ3v) is 5.95. The number of likely N-dealkylation sites (tertiary alicyclic amines) is 1. The van der Waals surface area contributed by atoms with Gasteiger partial charge in [-0.05, 0) is 45.6 Å². The lowest BCUT2D eigenvalue weighted by Crippen LogP contribution is -3.15. The van der Waals surface area contributed by atoms with E-state index in [1.807, 2.05) is 0 Å². The normalized spacial score (nSPS) is 21.1. The van der Waals surface area contributed by atoms with Gasteiger partial charge in [-0.1, -0.05) is 0 Å². The summed E-state index contributed by atoms with van der Waals surface area (Å²) in [6, 6.07) is 0.583. The fourth-order valence-corrected chi connectivity index (χ4v) is 4.49. The number of fused-ring (bicyclic) bond motifs is 1. The lowest BCUT2D eigenvalue weighted by Gasteiger charge is -2.29. The van der Waals surface area contributed by atoms with Gasteiger partial charge in [-0.2, -0.15) is 0 Å². The van der Waals surface area contributed by atoms with Gasteiger partial charge in [0.05, 0.1) is 24.6 Å². The Kier molecular flexibility index (Phi) is 5.01. The van der Waals surface area contributed by atoms with Crippen LogP contribution in [0.2, 0.25) is 0 Å². The highest BCUT2D eigenvalue weighted by molar-refractivity contribution is 7.20. The Morgan fingerprint density at radius 1 is 1.46 bits per heavy atom. The number of aromatic amines is 1. The van der Waals surface area contributed by atoms with E-state index in [1.165, 1.54) is 35.5 Å². The summed E-state index contributed by atoms with van der Waals surface area (Å²) in [6.07, 6.45) is 3.71. The second-order valence-corrected chi connectivity index (χ2v) is 7.45. The van der Waals surface area contributed by atoms with Gasteiger partial charge in [0.25, 0.3) is 5.56 Å². The number of rotatable bonds is 4. The van der Waals surface area contributed by atoms with Crippen LogP contribution in [0, 0.1) is 6.92 Å². The van der Waals surface area contributed by atoms with Gasteiger partial charge in [0.15, 0.2) is 5.82 Å². The molecule has 3 rings (SSSR count). The molecule has 1 unspecified atom stereocenters. The first kappa shape index (κ1) is 17.1. The van der Waals surface area contributed by atoms with Crippen molar-refractivity contribution in [3.8, 4) is 0 Å². The SMILES string of the molecule is CCOC(=O)c1sc2nc(C[NH+]3CCCC[C@@H]3C)[nH]c(=O)c2c1C. The van der Waals surface area contributed by atoms with Crippen molar-refractivity contribution in [2.45, 2.75) is 52.6 Å². The number of hydrogen-bond donors (Lipinski definition) is 2. The summed E-state index contributed by atoms with van der Waals surface area (Å²) in [5.41, 5.74) is 0.496. The van der Waals surface area contributed by atoms with Crippen molar-refractivity contribution in [2.24, 2.45) is 0 Å². The van der Waals surface area contributed by atoms with E-state index >= 15 is 0 Å². The summed E-state index contributed by atoms with van der Waals surface area (Å²) in [7, 11) is 0. The van der Waals surface area contributed by atoms with E-state index in [0.717, 1.165) is 13.1 Å². The molecule has 2 aromatic heterocycles. The van der Waals surface area contributed by atoms with Crippen LogP contribution >= 0.6 is 11.3 Å². The summed E-state index contributed by atoms with van der Waals surface area (Å²) in [5, 5.41) is 0.508. The average molecular weight is 350 g/mol. The maximum absolute atomic E-state index is 12.5. The number of hydrogen-bond acceptors (Lipinski definition) is 5. The predicted octanol–water partition coefficient (Wildman–Crippen LogP) is 1.43. The number of aromatic nitrogens is 2. The highest BCUT2D eigenvalue weighted by atomic mass is 32.1. The van der Waals surface area contributed by atoms with Crippen LogP contribution in [0.25, 0.3) is 10.2 Å². The van der Waals surface area contributed by atoms with Crippen LogP contribution in [-0.4, -0.2) is 35.1 Å². The molecular formula is C17H24N3O3S+. The van der Waals surface area contributed by atoms with Crippen molar-refractivity contribution < 1.29 is 14.4 Å². The van der Waals surface area contributed by atoms with E-state index in [9.17, 15) is 9.59 Å². The number of thiophene rings is 1. The van der Waals surface area contributed by atoms with Gasteiger partial charge in [0.2, 0.25) is 0 Å². The molecule has 130 valence electrons. The Balaban J connectivity index is 1.95. The largest absolute Gasteiger partial charge is 0.462 e. The van der Waals surface area contributed by atoms with Gasteiger partial charge in [0.1, 0.15) is 16.3 Å². The quantitative estimate of drug-likeness (QED) is 0.818. The Morgan fingerprint density at radius 2 is 2.25 bits per heavy atom. The first-order valence-electron chi connectivity index (χ1n) is 8.55. The zero-order valence-electron chi connectivity index (χ0n) is 14.4. The van der Waals surface area contributed by atoms with Crippen molar-refractivity contribution >= 4 is 27.5 Å². The number of carbonyl (C=O) groups excluding carboxylic acids is 1. The van der Waals surface area contributed by atoms with E-state index in [2.05, 4.69) is 16.9 Å². The fraction of sp³-hybridized carbons (Fsp3) is 0.588. The monoisotopic (exact) mass is 350 g/mol. The molecule has 1 fully saturated rings. The van der Waals surface area contributed by atoms with Gasteiger partial charge in [0, 0.05) is 0 Å². The first-order chi connectivity index (χ1) is 11.5. The number of esters is 1. The number of carbonyl (C=O) groups is 1. The molecule has 1 aliphatic heterocycles. The minimum Gasteiger partial charge on any atom is -0.462 e. The molecular weight excluding hydrogens is 326 g/mol. The van der Waals surface area contributed by atoms with E-state index in [4.69, 9.17) is 4.74 Å². The van der Waals surface area contributed by atoms with Crippen molar-refractivity contribution in [3.63, 3.8) is 0 Å². The van der Waals surface area contributed by atoms with Crippen LogP contribution in [0.4, 0.5) is 0 Å². The minimum absolute atomic E-state index is 0.164. The summed E-state index contributed by atoms with van der Waals surface area (Å²) >= 11 is 1.25. The fourth-order valence-electron chi connectivity index (χ4n) is 3.39. The molecule has 7 heteroatoms. The van der Waals surface area contributed by atoms with Crippen LogP contribution < -0.4 is 10.5 Å². The van der Waals surface area contributed by atoms with E-state index in [0.29, 0.717) is 39.1 Å². The number of H-pyrrole nitrogens is 1. The van der Waals surface area contributed by atoms with Crippen molar-refractivity contribution in [3.05, 3.63) is 26.6 Å². The maximum atomic E-state index is 12.5. The van der Waals surface area contributed by atoms with Crippen LogP contribution in [0.3, 0.4) is 0 Å². The molecule has 1 saturated heterocycles. The molecule has 2 aromatic rings. The molecule has 2 N–H and O–H groups in total. The topological polar surface area (TPSA) is 76.5 Å². The van der Waals surface area contributed by atoms with Gasteiger partial charge >= 0.3 is 5.97 Å². The number of aryl methyl sites for hydroxylation is 1. The Bertz CT molecular complexity index is 811. The molecule has 2 atom stereocenters. The molecule has 24 heavy (non-hydrogen) atoms. The zero-order chi connectivity index (χ0) is 17.3. The lowest BCUT2D eigenvalue weighted by atomic mass is 10.0. The molecule has 1 aliphatic rings. The smallest absolute Gasteiger partial charge is 0.348 e. The number of quaternary nitrogens is 1. The summed E-state index contributed by atoms with van der Waals surface area (Å²) in [4.78, 5) is 34.6. The maximum Gasteiger partial charge on any atom is 0.348 e. The predicted molar refractivity (Wildman–Crippen MR) is 93.8 cm³/mol. The van der Waals surface area contributed by atoms with E-state index in [1.54, 1.807) is 13.8 Å². The molecule has 0 saturated carbocycles. The molecule has 0 aromatic carbocycles. The van der Waals surface area contributed by atoms with Crippen LogP contribution in [0.15, 0.2) is 4.79 Å². The van der Waals surface area contributed by atoms with Crippen molar-refractivity contribution in [1.29, 1.82) is 0 Å². The van der Waals surface area contributed by atoms with E-state index < -0.39 is 0 Å². The van der Waals surface area contributed by atoms with Crippen molar-refractivity contribution in [1.82, 2.24) is 9.97 Å². The van der Waals surface area contributed by atoms with Crippen LogP contribution in [0.1, 0.15) is 54.2 Å². The number of piperidine rings is 1. The standard InChI is InChI=1S/C17H23N3O3S/c1-4-23-17(22)14-11(3)13-15(21)18-12(19-16(13)24-14)9-20-8-6-5-7-10(20)2/h10H,4-9H2,1-3H3,(H,18,19,21)/p+1/t10-/m0/s1. The van der Waals surface area contributed by atoms with Gasteiger partial charge in [-0.3, -0.25) is 4.79 Å². The molecule has 0 aliphatic carbocycles. The van der Waals surface area contributed by atoms with Crippen LogP contribution in [-0.2, 0) is 11.3 Å². The third kappa shape index (κ3) is 3.23.